The van der Waals surface area contributed by atoms with E-state index in [1.54, 1.807) is 42.1 Å². The first kappa shape index (κ1) is 16.8. The number of nitrogens with one attached hydrogen (secondary N) is 1. The largest absolute Gasteiger partial charge is 0.497 e. The Morgan fingerprint density at radius 3 is 2.56 bits per heavy atom. The number of aromatic nitrogens is 2. The van der Waals surface area contributed by atoms with Gasteiger partial charge in [-0.1, -0.05) is 32.0 Å². The number of methoxy groups -OCH3 is 1. The molecule has 5 heteroatoms. The van der Waals surface area contributed by atoms with Crippen molar-refractivity contribution in [3.63, 3.8) is 0 Å². The minimum atomic E-state index is -0.223. The van der Waals surface area contributed by atoms with Crippen LogP contribution in [0.4, 0.5) is 5.82 Å². The van der Waals surface area contributed by atoms with Crippen LogP contribution in [0.1, 0.15) is 35.7 Å². The van der Waals surface area contributed by atoms with E-state index in [0.717, 1.165) is 5.69 Å². The maximum Gasteiger partial charge on any atom is 0.256 e. The highest BCUT2D eigenvalue weighted by molar-refractivity contribution is 6.03. The summed E-state index contributed by atoms with van der Waals surface area (Å²) < 4.78 is 6.89. The molecule has 0 aliphatic heterocycles. The van der Waals surface area contributed by atoms with E-state index in [1.165, 1.54) is 5.56 Å². The molecule has 0 atom stereocenters. The van der Waals surface area contributed by atoms with Crippen LogP contribution in [-0.4, -0.2) is 22.8 Å². The summed E-state index contributed by atoms with van der Waals surface area (Å²) in [6.45, 7) is 4.32. The molecule has 128 valence electrons. The molecule has 0 unspecified atom stereocenters. The van der Waals surface area contributed by atoms with E-state index in [1.807, 2.05) is 18.3 Å². The molecule has 3 rings (SSSR count). The molecule has 1 amide bonds. The molecule has 0 radical (unpaired) electrons. The topological polar surface area (TPSA) is 56.1 Å². The average molecular weight is 335 g/mol. The molecule has 0 fully saturated rings. The van der Waals surface area contributed by atoms with Crippen molar-refractivity contribution in [3.05, 3.63) is 71.9 Å². The Labute approximate surface area is 147 Å². The van der Waals surface area contributed by atoms with Crippen LogP contribution in [0.3, 0.4) is 0 Å². The van der Waals surface area contributed by atoms with Crippen LogP contribution in [0, 0.1) is 0 Å². The van der Waals surface area contributed by atoms with Crippen molar-refractivity contribution < 1.29 is 9.53 Å². The van der Waals surface area contributed by atoms with Crippen molar-refractivity contribution in [2.45, 2.75) is 19.8 Å². The summed E-state index contributed by atoms with van der Waals surface area (Å²) in [7, 11) is 1.57. The molecule has 0 aliphatic rings. The molecular formula is C20H21N3O2. The molecular weight excluding hydrogens is 314 g/mol. The zero-order valence-corrected chi connectivity index (χ0v) is 14.6. The number of benzene rings is 2. The van der Waals surface area contributed by atoms with Crippen LogP contribution in [0.25, 0.3) is 5.69 Å². The van der Waals surface area contributed by atoms with E-state index >= 15 is 0 Å². The van der Waals surface area contributed by atoms with Gasteiger partial charge in [-0.2, -0.15) is 5.10 Å². The van der Waals surface area contributed by atoms with E-state index < -0.39 is 0 Å². The summed E-state index contributed by atoms with van der Waals surface area (Å²) in [5.74, 6) is 1.41. The fourth-order valence-electron chi connectivity index (χ4n) is 2.50. The van der Waals surface area contributed by atoms with Gasteiger partial charge in [0.1, 0.15) is 5.75 Å². The van der Waals surface area contributed by atoms with E-state index in [2.05, 4.69) is 36.4 Å². The summed E-state index contributed by atoms with van der Waals surface area (Å²) in [6, 6.07) is 17.0. The Morgan fingerprint density at radius 2 is 1.88 bits per heavy atom. The van der Waals surface area contributed by atoms with Gasteiger partial charge in [0.05, 0.1) is 12.8 Å². The molecule has 0 spiro atoms. The van der Waals surface area contributed by atoms with Crippen molar-refractivity contribution in [1.29, 1.82) is 0 Å². The predicted octanol–water partition coefficient (Wildman–Crippen LogP) is 4.26. The van der Waals surface area contributed by atoms with Crippen LogP contribution in [0.2, 0.25) is 0 Å². The fourth-order valence-corrected chi connectivity index (χ4v) is 2.50. The van der Waals surface area contributed by atoms with E-state index in [9.17, 15) is 4.79 Å². The minimum Gasteiger partial charge on any atom is -0.497 e. The third-order valence-corrected chi connectivity index (χ3v) is 3.99. The molecule has 2 aromatic carbocycles. The molecule has 1 aromatic heterocycles. The monoisotopic (exact) mass is 335 g/mol. The SMILES string of the molecule is COc1cccc(C(=O)Nc2ccn(-c3ccc(C(C)C)cc3)n2)c1. The average Bonchev–Trinajstić information content (AvgIpc) is 3.10. The van der Waals surface area contributed by atoms with Crippen molar-refractivity contribution in [3.8, 4) is 11.4 Å². The second-order valence-corrected chi connectivity index (χ2v) is 6.08. The van der Waals surface area contributed by atoms with Gasteiger partial charge in [0.25, 0.3) is 5.91 Å². The highest BCUT2D eigenvalue weighted by atomic mass is 16.5. The van der Waals surface area contributed by atoms with Crippen LogP contribution in [0.15, 0.2) is 60.8 Å². The summed E-state index contributed by atoms with van der Waals surface area (Å²) in [4.78, 5) is 12.3. The van der Waals surface area contributed by atoms with Crippen LogP contribution >= 0.6 is 0 Å². The first-order chi connectivity index (χ1) is 12.1. The molecule has 25 heavy (non-hydrogen) atoms. The minimum absolute atomic E-state index is 0.223. The van der Waals surface area contributed by atoms with Gasteiger partial charge in [-0.25, -0.2) is 4.68 Å². The number of carbonyl (C=O) groups is 1. The maximum absolute atomic E-state index is 12.3. The molecule has 1 heterocycles. The van der Waals surface area contributed by atoms with Gasteiger partial charge in [-0.15, -0.1) is 0 Å². The van der Waals surface area contributed by atoms with Crippen LogP contribution < -0.4 is 10.1 Å². The zero-order chi connectivity index (χ0) is 17.8. The quantitative estimate of drug-likeness (QED) is 0.758. The standard InChI is InChI=1S/C20H21N3O2/c1-14(2)15-7-9-17(10-8-15)23-12-11-19(22-23)21-20(24)16-5-4-6-18(13-16)25-3/h4-14H,1-3H3,(H,21,22,24). The number of hydrogen-bond donors (Lipinski definition) is 1. The van der Waals surface area contributed by atoms with Gasteiger partial charge >= 0.3 is 0 Å². The predicted molar refractivity (Wildman–Crippen MR) is 98.6 cm³/mol. The molecule has 5 nitrogen and oxygen atoms in total. The Kier molecular flexibility index (Phi) is 4.84. The van der Waals surface area contributed by atoms with Crippen molar-refractivity contribution in [2.24, 2.45) is 0 Å². The summed E-state index contributed by atoms with van der Waals surface area (Å²) >= 11 is 0. The molecule has 0 aliphatic carbocycles. The number of nitrogens with zero attached hydrogens (tertiary/aromatic N) is 2. The Balaban J connectivity index is 1.73. The Bertz CT molecular complexity index is 867. The lowest BCUT2D eigenvalue weighted by atomic mass is 10.0. The number of ether oxygens (including phenoxy) is 1. The third kappa shape index (κ3) is 3.88. The lowest BCUT2D eigenvalue weighted by Gasteiger charge is -2.07. The summed E-state index contributed by atoms with van der Waals surface area (Å²) in [5, 5.41) is 7.22. The number of carbonyl (C=O) groups excluding carboxylic acids is 1. The summed E-state index contributed by atoms with van der Waals surface area (Å²) in [5.41, 5.74) is 2.75. The lowest BCUT2D eigenvalue weighted by Crippen LogP contribution is -2.12. The second kappa shape index (κ2) is 7.21. The molecule has 0 bridgehead atoms. The molecule has 1 N–H and O–H groups in total. The highest BCUT2D eigenvalue weighted by Gasteiger charge is 2.09. The normalized spacial score (nSPS) is 10.7. The first-order valence-corrected chi connectivity index (χ1v) is 8.18. The van der Waals surface area contributed by atoms with Gasteiger partial charge in [0, 0.05) is 17.8 Å². The van der Waals surface area contributed by atoms with Crippen molar-refractivity contribution >= 4 is 11.7 Å². The third-order valence-electron chi connectivity index (χ3n) is 3.99. The number of hydrogen-bond acceptors (Lipinski definition) is 3. The fraction of sp³-hybridized carbons (Fsp3) is 0.200. The van der Waals surface area contributed by atoms with E-state index in [0.29, 0.717) is 23.0 Å². The Hall–Kier alpha value is -3.08. The molecule has 3 aromatic rings. The van der Waals surface area contributed by atoms with Gasteiger partial charge in [0.15, 0.2) is 5.82 Å². The van der Waals surface area contributed by atoms with Crippen LogP contribution in [0.5, 0.6) is 5.75 Å². The van der Waals surface area contributed by atoms with E-state index in [-0.39, 0.29) is 5.91 Å². The lowest BCUT2D eigenvalue weighted by molar-refractivity contribution is 0.102. The zero-order valence-electron chi connectivity index (χ0n) is 14.6. The highest BCUT2D eigenvalue weighted by Crippen LogP contribution is 2.18. The smallest absolute Gasteiger partial charge is 0.256 e. The number of anilines is 1. The van der Waals surface area contributed by atoms with Crippen molar-refractivity contribution in [2.75, 3.05) is 12.4 Å². The summed E-state index contributed by atoms with van der Waals surface area (Å²) in [6.07, 6.45) is 1.82. The Morgan fingerprint density at radius 1 is 1.12 bits per heavy atom. The first-order valence-electron chi connectivity index (χ1n) is 8.18. The number of amides is 1. The number of rotatable bonds is 5. The second-order valence-electron chi connectivity index (χ2n) is 6.08. The van der Waals surface area contributed by atoms with Gasteiger partial charge in [-0.05, 0) is 41.8 Å². The maximum atomic E-state index is 12.3. The molecule has 0 saturated carbocycles. The van der Waals surface area contributed by atoms with Gasteiger partial charge < -0.3 is 10.1 Å². The van der Waals surface area contributed by atoms with Gasteiger partial charge in [0.2, 0.25) is 0 Å². The molecule has 0 saturated heterocycles. The van der Waals surface area contributed by atoms with Crippen LogP contribution in [-0.2, 0) is 0 Å². The van der Waals surface area contributed by atoms with Gasteiger partial charge in [-0.3, -0.25) is 4.79 Å². The van der Waals surface area contributed by atoms with E-state index in [4.69, 9.17) is 4.74 Å². The van der Waals surface area contributed by atoms with Crippen molar-refractivity contribution in [1.82, 2.24) is 9.78 Å².